The predicted molar refractivity (Wildman–Crippen MR) is 88.5 cm³/mol. The molecule has 118 valence electrons. The van der Waals surface area contributed by atoms with Crippen LogP contribution in [0.4, 0.5) is 0 Å². The number of amides is 1. The van der Waals surface area contributed by atoms with Gasteiger partial charge in [-0.1, -0.05) is 23.9 Å². The van der Waals surface area contributed by atoms with Gasteiger partial charge in [0, 0.05) is 16.7 Å². The van der Waals surface area contributed by atoms with Crippen LogP contribution in [0.3, 0.4) is 0 Å². The van der Waals surface area contributed by atoms with Crippen LogP contribution in [0.5, 0.6) is 0 Å². The molecule has 3 aromatic rings. The maximum atomic E-state index is 11.0. The summed E-state index contributed by atoms with van der Waals surface area (Å²) in [5.41, 5.74) is 7.70. The Morgan fingerprint density at radius 3 is 2.74 bits per heavy atom. The van der Waals surface area contributed by atoms with Crippen molar-refractivity contribution in [2.45, 2.75) is 24.3 Å². The minimum atomic E-state index is -0.428. The topological polar surface area (TPSA) is 94.9 Å². The first-order valence-corrected chi connectivity index (χ1v) is 8.71. The van der Waals surface area contributed by atoms with Crippen molar-refractivity contribution >= 4 is 29.0 Å². The molecule has 0 radical (unpaired) electrons. The number of carbonyl (C=O) groups is 1. The lowest BCUT2D eigenvalue weighted by molar-refractivity contribution is 0.100. The van der Waals surface area contributed by atoms with Gasteiger partial charge in [0.05, 0.1) is 17.1 Å². The number of aryl methyl sites for hydroxylation is 1. The number of benzene rings is 1. The molecule has 2 heterocycles. The van der Waals surface area contributed by atoms with Crippen molar-refractivity contribution in [1.29, 1.82) is 0 Å². The highest BCUT2D eigenvalue weighted by Crippen LogP contribution is 2.22. The molecule has 0 spiro atoms. The van der Waals surface area contributed by atoms with Gasteiger partial charge in [-0.15, -0.1) is 21.5 Å². The molecular weight excluding hydrogens is 332 g/mol. The molecular formula is C15H14N4O2S2. The SMILES string of the molecule is Cc1nc(Cc2nnc(SCc3ccc(C(N)=O)cc3)o2)cs1. The van der Waals surface area contributed by atoms with Gasteiger partial charge >= 0.3 is 0 Å². The van der Waals surface area contributed by atoms with E-state index in [1.54, 1.807) is 23.5 Å². The Morgan fingerprint density at radius 1 is 1.30 bits per heavy atom. The molecule has 3 rings (SSSR count). The third kappa shape index (κ3) is 4.17. The number of rotatable bonds is 6. The molecule has 6 nitrogen and oxygen atoms in total. The molecule has 1 amide bonds. The number of nitrogens with two attached hydrogens (primary N) is 1. The number of nitrogens with zero attached hydrogens (tertiary/aromatic N) is 3. The summed E-state index contributed by atoms with van der Waals surface area (Å²) in [5.74, 6) is 0.807. The van der Waals surface area contributed by atoms with Crippen LogP contribution >= 0.6 is 23.1 Å². The van der Waals surface area contributed by atoms with E-state index < -0.39 is 5.91 Å². The van der Waals surface area contributed by atoms with E-state index in [2.05, 4.69) is 15.2 Å². The van der Waals surface area contributed by atoms with Gasteiger partial charge in [-0.2, -0.15) is 0 Å². The molecule has 0 unspecified atom stereocenters. The van der Waals surface area contributed by atoms with Crippen molar-refractivity contribution in [3.8, 4) is 0 Å². The zero-order chi connectivity index (χ0) is 16.2. The molecule has 0 bridgehead atoms. The molecule has 0 aliphatic rings. The van der Waals surface area contributed by atoms with Crippen LogP contribution in [-0.2, 0) is 12.2 Å². The minimum Gasteiger partial charge on any atom is -0.416 e. The van der Waals surface area contributed by atoms with Crippen molar-refractivity contribution in [3.63, 3.8) is 0 Å². The second kappa shape index (κ2) is 6.93. The summed E-state index contributed by atoms with van der Waals surface area (Å²) in [6.45, 7) is 1.97. The Bertz CT molecular complexity index is 811. The number of thioether (sulfide) groups is 1. The molecule has 0 saturated heterocycles. The van der Waals surface area contributed by atoms with Crippen molar-refractivity contribution in [1.82, 2.24) is 15.2 Å². The maximum absolute atomic E-state index is 11.0. The van der Waals surface area contributed by atoms with E-state index in [-0.39, 0.29) is 0 Å². The van der Waals surface area contributed by atoms with Crippen LogP contribution < -0.4 is 5.73 Å². The second-order valence-electron chi connectivity index (χ2n) is 4.85. The third-order valence-electron chi connectivity index (χ3n) is 3.05. The van der Waals surface area contributed by atoms with Gasteiger partial charge in [-0.05, 0) is 24.6 Å². The average Bonchev–Trinajstić information content (AvgIpc) is 3.15. The van der Waals surface area contributed by atoms with Crippen LogP contribution in [0.15, 0.2) is 39.3 Å². The normalized spacial score (nSPS) is 10.8. The predicted octanol–water partition coefficient (Wildman–Crippen LogP) is 2.82. The molecule has 8 heteroatoms. The third-order valence-corrected chi connectivity index (χ3v) is 4.76. The fourth-order valence-electron chi connectivity index (χ4n) is 1.92. The summed E-state index contributed by atoms with van der Waals surface area (Å²) in [7, 11) is 0. The van der Waals surface area contributed by atoms with Crippen molar-refractivity contribution < 1.29 is 9.21 Å². The molecule has 2 aromatic heterocycles. The number of hydrogen-bond acceptors (Lipinski definition) is 7. The summed E-state index contributed by atoms with van der Waals surface area (Å²) in [6.07, 6.45) is 0.547. The summed E-state index contributed by atoms with van der Waals surface area (Å²) in [6, 6.07) is 7.15. The van der Waals surface area contributed by atoms with E-state index in [1.165, 1.54) is 11.8 Å². The molecule has 23 heavy (non-hydrogen) atoms. The zero-order valence-corrected chi connectivity index (χ0v) is 14.0. The fourth-order valence-corrected chi connectivity index (χ4v) is 3.27. The number of primary amides is 1. The highest BCUT2D eigenvalue weighted by molar-refractivity contribution is 7.98. The van der Waals surface area contributed by atoms with Gasteiger partial charge in [0.1, 0.15) is 0 Å². The zero-order valence-electron chi connectivity index (χ0n) is 12.4. The van der Waals surface area contributed by atoms with Crippen LogP contribution in [0.1, 0.15) is 32.5 Å². The van der Waals surface area contributed by atoms with Crippen LogP contribution in [0.25, 0.3) is 0 Å². The van der Waals surface area contributed by atoms with Gasteiger partial charge < -0.3 is 10.2 Å². The van der Waals surface area contributed by atoms with Crippen LogP contribution in [-0.4, -0.2) is 21.1 Å². The molecule has 0 aliphatic heterocycles. The average molecular weight is 346 g/mol. The van der Waals surface area contributed by atoms with Crippen molar-refractivity contribution in [3.05, 3.63) is 57.4 Å². The standard InChI is InChI=1S/C15H14N4O2S2/c1-9-17-12(8-22-9)6-13-18-19-15(21-13)23-7-10-2-4-11(5-3-10)14(16)20/h2-5,8H,6-7H2,1H3,(H2,16,20). The number of carbonyl (C=O) groups excluding carboxylic acids is 1. The summed E-state index contributed by atoms with van der Waals surface area (Å²) < 4.78 is 5.61. The molecule has 0 saturated carbocycles. The van der Waals surface area contributed by atoms with E-state index >= 15 is 0 Å². The molecule has 1 aromatic carbocycles. The van der Waals surface area contributed by atoms with Crippen molar-refractivity contribution in [2.24, 2.45) is 5.73 Å². The van der Waals surface area contributed by atoms with E-state index in [1.807, 2.05) is 24.4 Å². The lowest BCUT2D eigenvalue weighted by Gasteiger charge is -1.99. The molecule has 0 atom stereocenters. The monoisotopic (exact) mass is 346 g/mol. The van der Waals surface area contributed by atoms with Crippen molar-refractivity contribution in [2.75, 3.05) is 0 Å². The minimum absolute atomic E-state index is 0.428. The Morgan fingerprint density at radius 2 is 2.09 bits per heavy atom. The highest BCUT2D eigenvalue weighted by atomic mass is 32.2. The van der Waals surface area contributed by atoms with E-state index in [0.717, 1.165) is 16.3 Å². The quantitative estimate of drug-likeness (QED) is 0.690. The van der Waals surface area contributed by atoms with Gasteiger partial charge in [-0.3, -0.25) is 4.79 Å². The van der Waals surface area contributed by atoms with Gasteiger partial charge in [0.25, 0.3) is 5.22 Å². The van der Waals surface area contributed by atoms with E-state index in [4.69, 9.17) is 10.2 Å². The van der Waals surface area contributed by atoms with Gasteiger partial charge in [0.2, 0.25) is 11.8 Å². The van der Waals surface area contributed by atoms with E-state index in [0.29, 0.717) is 28.9 Å². The van der Waals surface area contributed by atoms with E-state index in [9.17, 15) is 4.79 Å². The first kappa shape index (κ1) is 15.7. The Kier molecular flexibility index (Phi) is 4.73. The summed E-state index contributed by atoms with van der Waals surface area (Å²) >= 11 is 3.05. The molecule has 0 aliphatic carbocycles. The number of aromatic nitrogens is 3. The van der Waals surface area contributed by atoms with Gasteiger partial charge in [-0.25, -0.2) is 4.98 Å². The lowest BCUT2D eigenvalue weighted by Crippen LogP contribution is -2.10. The smallest absolute Gasteiger partial charge is 0.276 e. The van der Waals surface area contributed by atoms with Gasteiger partial charge in [0.15, 0.2) is 0 Å². The maximum Gasteiger partial charge on any atom is 0.276 e. The number of thiazole rings is 1. The number of hydrogen-bond donors (Lipinski definition) is 1. The van der Waals surface area contributed by atoms with Crippen LogP contribution in [0.2, 0.25) is 0 Å². The molecule has 0 fully saturated rings. The largest absolute Gasteiger partial charge is 0.416 e. The Labute approximate surface area is 141 Å². The Hall–Kier alpha value is -2.19. The summed E-state index contributed by atoms with van der Waals surface area (Å²) in [4.78, 5) is 15.4. The fraction of sp³-hybridized carbons (Fsp3) is 0.200. The first-order chi connectivity index (χ1) is 11.1. The lowest BCUT2D eigenvalue weighted by atomic mass is 10.1. The molecule has 2 N–H and O–H groups in total. The first-order valence-electron chi connectivity index (χ1n) is 6.85. The summed E-state index contributed by atoms with van der Waals surface area (Å²) in [5, 5.41) is 11.6. The second-order valence-corrected chi connectivity index (χ2v) is 6.84. The highest BCUT2D eigenvalue weighted by Gasteiger charge is 2.10. The van der Waals surface area contributed by atoms with Crippen LogP contribution in [0, 0.1) is 6.92 Å². The Balaban J connectivity index is 1.57.